The molecule has 36 heavy (non-hydrogen) atoms. The standard InChI is InChI=1S/C22H28N6O6S2/c1-17(13-15-33-19-5-9-21(10-6-19)35(29,30)27-25-23)3-4-18(2)14-16-34-20-7-11-22(12-8-20)36(31,32)28-26-24/h5-12,17-18H,3-4,13-16H2,1-2H3. The molecule has 0 saturated heterocycles. The Morgan fingerprint density at radius 1 is 0.667 bits per heavy atom. The Hall–Kier alpha value is -3.44. The minimum atomic E-state index is -4.00. The molecule has 0 N–H and O–H groups in total. The molecule has 0 fully saturated rings. The van der Waals surface area contributed by atoms with Crippen LogP contribution in [0.5, 0.6) is 11.5 Å². The quantitative estimate of drug-likeness (QED) is 0.153. The van der Waals surface area contributed by atoms with E-state index in [-0.39, 0.29) is 9.79 Å². The molecule has 2 unspecified atom stereocenters. The zero-order valence-corrected chi connectivity index (χ0v) is 21.6. The van der Waals surface area contributed by atoms with Crippen LogP contribution in [0.4, 0.5) is 0 Å². The van der Waals surface area contributed by atoms with Gasteiger partial charge in [0.15, 0.2) is 0 Å². The summed E-state index contributed by atoms with van der Waals surface area (Å²) in [7, 11) is -8.00. The van der Waals surface area contributed by atoms with Gasteiger partial charge in [-0.25, -0.2) is 16.8 Å². The molecule has 0 aromatic heterocycles. The predicted octanol–water partition coefficient (Wildman–Crippen LogP) is 5.98. The lowest BCUT2D eigenvalue weighted by Crippen LogP contribution is -2.08. The molecule has 0 bridgehead atoms. The van der Waals surface area contributed by atoms with E-state index in [4.69, 9.17) is 20.5 Å². The maximum absolute atomic E-state index is 11.7. The molecule has 2 aromatic rings. The molecular weight excluding hydrogens is 508 g/mol. The number of nitrogens with zero attached hydrogens (tertiary/aromatic N) is 6. The Bertz CT molecular complexity index is 1200. The van der Waals surface area contributed by atoms with Gasteiger partial charge in [-0.3, -0.25) is 0 Å². The van der Waals surface area contributed by atoms with Crippen LogP contribution in [0, 0.1) is 11.8 Å². The first-order valence-corrected chi connectivity index (χ1v) is 14.0. The molecule has 0 spiro atoms. The Morgan fingerprint density at radius 3 is 1.31 bits per heavy atom. The van der Waals surface area contributed by atoms with Crippen LogP contribution in [-0.4, -0.2) is 30.0 Å². The molecule has 194 valence electrons. The molecular formula is C22H28N6O6S2. The van der Waals surface area contributed by atoms with Crippen LogP contribution in [0.1, 0.15) is 39.5 Å². The highest BCUT2D eigenvalue weighted by Crippen LogP contribution is 2.22. The minimum Gasteiger partial charge on any atom is -0.494 e. The molecule has 0 heterocycles. The molecule has 12 nitrogen and oxygen atoms in total. The normalized spacial score (nSPS) is 13.1. The Labute approximate surface area is 210 Å². The zero-order valence-electron chi connectivity index (χ0n) is 20.0. The molecule has 0 aliphatic rings. The number of rotatable bonds is 15. The van der Waals surface area contributed by atoms with E-state index in [0.717, 1.165) is 25.7 Å². The summed E-state index contributed by atoms with van der Waals surface area (Å²) in [6.45, 7) is 5.28. The Kier molecular flexibility index (Phi) is 10.9. The van der Waals surface area contributed by atoms with Gasteiger partial charge in [0.05, 0.1) is 23.0 Å². The summed E-state index contributed by atoms with van der Waals surface area (Å²) in [5.74, 6) is 1.94. The summed E-state index contributed by atoms with van der Waals surface area (Å²) < 4.78 is 63.7. The third kappa shape index (κ3) is 9.31. The summed E-state index contributed by atoms with van der Waals surface area (Å²) in [5, 5.41) is 0. The smallest absolute Gasteiger partial charge is 0.264 e. The van der Waals surface area contributed by atoms with Crippen molar-refractivity contribution < 1.29 is 26.3 Å². The number of sulfonamides is 2. The topological polar surface area (TPSA) is 184 Å². The van der Waals surface area contributed by atoms with Gasteiger partial charge in [0, 0.05) is 18.9 Å². The van der Waals surface area contributed by atoms with Crippen molar-refractivity contribution in [2.24, 2.45) is 20.9 Å². The lowest BCUT2D eigenvalue weighted by atomic mass is 9.94. The van der Waals surface area contributed by atoms with Gasteiger partial charge in [0.2, 0.25) is 0 Å². The molecule has 2 aromatic carbocycles. The van der Waals surface area contributed by atoms with Gasteiger partial charge in [0.1, 0.15) is 11.5 Å². The number of ether oxygens (including phenoxy) is 2. The Morgan fingerprint density at radius 2 is 1.00 bits per heavy atom. The van der Waals surface area contributed by atoms with E-state index in [1.807, 2.05) is 0 Å². The number of hydrogen-bond donors (Lipinski definition) is 0. The molecule has 2 rings (SSSR count). The fourth-order valence-corrected chi connectivity index (χ4v) is 4.56. The van der Waals surface area contributed by atoms with Crippen molar-refractivity contribution in [2.45, 2.75) is 49.3 Å². The van der Waals surface area contributed by atoms with Crippen molar-refractivity contribution in [1.82, 2.24) is 0 Å². The van der Waals surface area contributed by atoms with Gasteiger partial charge in [0.25, 0.3) is 20.0 Å². The van der Waals surface area contributed by atoms with Crippen molar-refractivity contribution in [3.63, 3.8) is 0 Å². The molecule has 0 aliphatic carbocycles. The van der Waals surface area contributed by atoms with E-state index in [9.17, 15) is 16.8 Å². The molecule has 0 saturated carbocycles. The molecule has 2 atom stereocenters. The lowest BCUT2D eigenvalue weighted by molar-refractivity contribution is 0.256. The van der Waals surface area contributed by atoms with Gasteiger partial charge >= 0.3 is 0 Å². The van der Waals surface area contributed by atoms with Gasteiger partial charge < -0.3 is 9.47 Å². The second-order valence-electron chi connectivity index (χ2n) is 8.30. The van der Waals surface area contributed by atoms with Gasteiger partial charge in [-0.2, -0.15) is 0 Å². The third-order valence-corrected chi connectivity index (χ3v) is 7.75. The second kappa shape index (κ2) is 13.6. The van der Waals surface area contributed by atoms with E-state index in [1.165, 1.54) is 48.5 Å². The van der Waals surface area contributed by atoms with Gasteiger partial charge in [-0.1, -0.05) is 26.7 Å². The number of hydrogen-bond acceptors (Lipinski definition) is 6. The van der Waals surface area contributed by atoms with E-state index in [0.29, 0.717) is 36.5 Å². The van der Waals surface area contributed by atoms with Crippen molar-refractivity contribution >= 4 is 20.0 Å². The first-order chi connectivity index (χ1) is 17.1. The Balaban J connectivity index is 1.66. The summed E-state index contributed by atoms with van der Waals surface area (Å²) in [4.78, 5) is 4.46. The molecule has 0 aliphatic heterocycles. The number of azide groups is 2. The summed E-state index contributed by atoms with van der Waals surface area (Å²) in [6, 6.07) is 11.5. The van der Waals surface area contributed by atoms with Crippen molar-refractivity contribution in [2.75, 3.05) is 13.2 Å². The van der Waals surface area contributed by atoms with E-state index < -0.39 is 20.0 Å². The predicted molar refractivity (Wildman–Crippen MR) is 133 cm³/mol. The maximum Gasteiger partial charge on any atom is 0.264 e. The first-order valence-electron chi connectivity index (χ1n) is 11.2. The molecule has 14 heteroatoms. The van der Waals surface area contributed by atoms with Gasteiger partial charge in [-0.05, 0) is 84.3 Å². The zero-order chi connectivity index (χ0) is 26.6. The first kappa shape index (κ1) is 28.8. The van der Waals surface area contributed by atoms with Crippen LogP contribution in [0.25, 0.3) is 20.9 Å². The highest BCUT2D eigenvalue weighted by molar-refractivity contribution is 7.90. The fourth-order valence-electron chi connectivity index (χ4n) is 3.22. The van der Waals surface area contributed by atoms with Gasteiger partial charge in [-0.15, -0.1) is 0 Å². The van der Waals surface area contributed by atoms with Crippen LogP contribution in [0.2, 0.25) is 0 Å². The highest BCUT2D eigenvalue weighted by Gasteiger charge is 2.13. The summed E-state index contributed by atoms with van der Waals surface area (Å²) in [6.07, 6.45) is 3.71. The van der Waals surface area contributed by atoms with Crippen LogP contribution < -0.4 is 9.47 Å². The van der Waals surface area contributed by atoms with Crippen molar-refractivity contribution in [3.05, 3.63) is 69.4 Å². The number of benzene rings is 2. The van der Waals surface area contributed by atoms with Crippen molar-refractivity contribution in [1.29, 1.82) is 0 Å². The van der Waals surface area contributed by atoms with Crippen molar-refractivity contribution in [3.8, 4) is 11.5 Å². The lowest BCUT2D eigenvalue weighted by Gasteiger charge is -2.16. The van der Waals surface area contributed by atoms with E-state index >= 15 is 0 Å². The third-order valence-electron chi connectivity index (χ3n) is 5.44. The second-order valence-corrected chi connectivity index (χ2v) is 11.5. The van der Waals surface area contributed by atoms with Crippen LogP contribution in [0.3, 0.4) is 0 Å². The van der Waals surface area contributed by atoms with E-state index in [2.05, 4.69) is 32.7 Å². The van der Waals surface area contributed by atoms with Crippen LogP contribution in [-0.2, 0) is 20.0 Å². The van der Waals surface area contributed by atoms with Crippen LogP contribution in [0.15, 0.2) is 67.4 Å². The minimum absolute atomic E-state index is 0.0886. The summed E-state index contributed by atoms with van der Waals surface area (Å²) in [5.41, 5.74) is 16.6. The highest BCUT2D eigenvalue weighted by atomic mass is 32.2. The summed E-state index contributed by atoms with van der Waals surface area (Å²) >= 11 is 0. The average molecular weight is 537 g/mol. The SMILES string of the molecule is CC(CCOc1ccc(S(=O)(=O)N=[N+]=[N-])cc1)CCC(C)CCOc1ccc(S(=O)(=O)N=[N+]=[N-])cc1. The van der Waals surface area contributed by atoms with Crippen LogP contribution >= 0.6 is 0 Å². The average Bonchev–Trinajstić information content (AvgIpc) is 2.83. The fraction of sp³-hybridized carbons (Fsp3) is 0.455. The van der Waals surface area contributed by atoms with E-state index in [1.54, 1.807) is 0 Å². The molecule has 0 amide bonds. The largest absolute Gasteiger partial charge is 0.494 e. The maximum atomic E-state index is 11.7. The monoisotopic (exact) mass is 536 g/mol. The molecule has 0 radical (unpaired) electrons.